The lowest BCUT2D eigenvalue weighted by molar-refractivity contribution is -0.118. The number of nitrogens with two attached hydrogens (primary N) is 1. The van der Waals surface area contributed by atoms with Crippen LogP contribution in [0.5, 0.6) is 0 Å². The highest BCUT2D eigenvalue weighted by molar-refractivity contribution is 5.74. The maximum absolute atomic E-state index is 10.9. The van der Waals surface area contributed by atoms with Crippen LogP contribution in [0.15, 0.2) is 0 Å². The quantitative estimate of drug-likeness (QED) is 0.534. The van der Waals surface area contributed by atoms with E-state index >= 15 is 0 Å². The second-order valence-electron chi connectivity index (χ2n) is 4.52. The van der Waals surface area contributed by atoms with Gasteiger partial charge in [0, 0.05) is 12.5 Å². The summed E-state index contributed by atoms with van der Waals surface area (Å²) in [5.74, 6) is -0.190. The van der Waals surface area contributed by atoms with E-state index in [1.54, 1.807) is 0 Å². The van der Waals surface area contributed by atoms with E-state index in [2.05, 4.69) is 19.2 Å². The van der Waals surface area contributed by atoms with Crippen LogP contribution in [0.25, 0.3) is 0 Å². The predicted octanol–water partition coefficient (Wildman–Crippen LogP) is 2.59. The fourth-order valence-corrected chi connectivity index (χ4v) is 1.82. The lowest BCUT2D eigenvalue weighted by atomic mass is 10.0. The third-order valence-corrected chi connectivity index (χ3v) is 2.82. The van der Waals surface area contributed by atoms with Gasteiger partial charge in [0.2, 0.25) is 5.91 Å². The third kappa shape index (κ3) is 9.97. The van der Waals surface area contributed by atoms with E-state index in [-0.39, 0.29) is 5.91 Å². The zero-order chi connectivity index (χ0) is 12.2. The smallest absolute Gasteiger partial charge is 0.218 e. The van der Waals surface area contributed by atoms with Crippen LogP contribution >= 0.6 is 0 Å². The molecule has 0 aromatic heterocycles. The minimum Gasteiger partial charge on any atom is -0.370 e. The van der Waals surface area contributed by atoms with Gasteiger partial charge in [-0.25, -0.2) is 0 Å². The van der Waals surface area contributed by atoms with Crippen LogP contribution in [0.4, 0.5) is 0 Å². The standard InChI is InChI=1S/C13H28N2O/c1-3-5-7-8-9-12(11-13(14)16)15-10-6-4-2/h12,15H,3-11H2,1-2H3,(H2,14,16)/t12-/m0/s1. The number of hydrogen-bond donors (Lipinski definition) is 2. The van der Waals surface area contributed by atoms with Gasteiger partial charge in [-0.3, -0.25) is 4.79 Å². The van der Waals surface area contributed by atoms with Crippen LogP contribution in [0.3, 0.4) is 0 Å². The van der Waals surface area contributed by atoms with Crippen molar-refractivity contribution in [2.75, 3.05) is 6.54 Å². The molecule has 1 amide bonds. The average molecular weight is 228 g/mol. The summed E-state index contributed by atoms with van der Waals surface area (Å²) in [6.45, 7) is 5.38. The van der Waals surface area contributed by atoms with Gasteiger partial charge in [-0.2, -0.15) is 0 Å². The molecule has 0 heterocycles. The fraction of sp³-hybridized carbons (Fsp3) is 0.923. The monoisotopic (exact) mass is 228 g/mol. The minimum atomic E-state index is -0.190. The van der Waals surface area contributed by atoms with Gasteiger partial charge < -0.3 is 11.1 Å². The van der Waals surface area contributed by atoms with Crippen molar-refractivity contribution in [2.45, 2.75) is 71.3 Å². The molecule has 0 spiro atoms. The molecule has 0 unspecified atom stereocenters. The maximum Gasteiger partial charge on any atom is 0.218 e. The van der Waals surface area contributed by atoms with Crippen molar-refractivity contribution >= 4 is 5.91 Å². The highest BCUT2D eigenvalue weighted by Gasteiger charge is 2.10. The first-order valence-corrected chi connectivity index (χ1v) is 6.72. The molecule has 0 aliphatic heterocycles. The molecule has 0 aromatic rings. The number of amides is 1. The van der Waals surface area contributed by atoms with Crippen LogP contribution in [-0.2, 0) is 4.79 Å². The lowest BCUT2D eigenvalue weighted by Crippen LogP contribution is -2.34. The van der Waals surface area contributed by atoms with Crippen molar-refractivity contribution in [1.29, 1.82) is 0 Å². The maximum atomic E-state index is 10.9. The summed E-state index contributed by atoms with van der Waals surface area (Å²) < 4.78 is 0. The number of carbonyl (C=O) groups is 1. The Morgan fingerprint density at radius 3 is 2.38 bits per heavy atom. The summed E-state index contributed by atoms with van der Waals surface area (Å²) in [6.07, 6.45) is 8.92. The molecule has 0 rings (SSSR count). The Morgan fingerprint density at radius 2 is 1.81 bits per heavy atom. The Hall–Kier alpha value is -0.570. The predicted molar refractivity (Wildman–Crippen MR) is 69.3 cm³/mol. The second kappa shape index (κ2) is 10.9. The second-order valence-corrected chi connectivity index (χ2v) is 4.52. The average Bonchev–Trinajstić information content (AvgIpc) is 2.23. The highest BCUT2D eigenvalue weighted by Crippen LogP contribution is 2.08. The number of nitrogens with one attached hydrogen (secondary N) is 1. The molecule has 1 atom stereocenters. The molecule has 0 aliphatic carbocycles. The van der Waals surface area contributed by atoms with Gasteiger partial charge in [-0.1, -0.05) is 46.0 Å². The highest BCUT2D eigenvalue weighted by atomic mass is 16.1. The van der Waals surface area contributed by atoms with Gasteiger partial charge in [-0.15, -0.1) is 0 Å². The molecule has 0 radical (unpaired) electrons. The summed E-state index contributed by atoms with van der Waals surface area (Å²) in [5.41, 5.74) is 5.25. The Balaban J connectivity index is 3.67. The first-order valence-electron chi connectivity index (χ1n) is 6.72. The van der Waals surface area contributed by atoms with Gasteiger partial charge in [-0.05, 0) is 19.4 Å². The molecule has 3 nitrogen and oxygen atoms in total. The minimum absolute atomic E-state index is 0.190. The SMILES string of the molecule is CCCCCC[C@@H](CC(N)=O)NCCCC. The largest absolute Gasteiger partial charge is 0.370 e. The van der Waals surface area contributed by atoms with E-state index in [4.69, 9.17) is 5.73 Å². The molecule has 16 heavy (non-hydrogen) atoms. The van der Waals surface area contributed by atoms with Crippen molar-refractivity contribution < 1.29 is 4.79 Å². The van der Waals surface area contributed by atoms with E-state index in [9.17, 15) is 4.79 Å². The molecule has 0 aromatic carbocycles. The first kappa shape index (κ1) is 15.4. The number of primary amides is 1. The van der Waals surface area contributed by atoms with Crippen molar-refractivity contribution in [1.82, 2.24) is 5.32 Å². The summed E-state index contributed by atoms with van der Waals surface area (Å²) in [4.78, 5) is 10.9. The lowest BCUT2D eigenvalue weighted by Gasteiger charge is -2.16. The molecular weight excluding hydrogens is 200 g/mol. The van der Waals surface area contributed by atoms with Crippen molar-refractivity contribution in [2.24, 2.45) is 5.73 Å². The third-order valence-electron chi connectivity index (χ3n) is 2.82. The van der Waals surface area contributed by atoms with E-state index in [0.717, 1.165) is 13.0 Å². The molecular formula is C13H28N2O. The van der Waals surface area contributed by atoms with E-state index < -0.39 is 0 Å². The van der Waals surface area contributed by atoms with Crippen molar-refractivity contribution in [3.63, 3.8) is 0 Å². The Kier molecular flexibility index (Phi) is 10.5. The van der Waals surface area contributed by atoms with Crippen LogP contribution in [0.1, 0.15) is 65.2 Å². The topological polar surface area (TPSA) is 55.1 Å². The summed E-state index contributed by atoms with van der Waals surface area (Å²) in [5, 5.41) is 3.43. The Labute approximate surface area is 100 Å². The van der Waals surface area contributed by atoms with Gasteiger partial charge in [0.1, 0.15) is 0 Å². The molecule has 0 saturated carbocycles. The normalized spacial score (nSPS) is 12.6. The Bertz CT molecular complexity index is 171. The van der Waals surface area contributed by atoms with Crippen molar-refractivity contribution in [3.05, 3.63) is 0 Å². The molecule has 0 saturated heterocycles. The zero-order valence-corrected chi connectivity index (χ0v) is 10.9. The van der Waals surface area contributed by atoms with E-state index in [1.807, 2.05) is 0 Å². The number of unbranched alkanes of at least 4 members (excludes halogenated alkanes) is 4. The summed E-state index contributed by atoms with van der Waals surface area (Å²) >= 11 is 0. The van der Waals surface area contributed by atoms with E-state index in [1.165, 1.54) is 38.5 Å². The van der Waals surface area contributed by atoms with Gasteiger partial charge in [0.05, 0.1) is 0 Å². The van der Waals surface area contributed by atoms with Gasteiger partial charge in [0.15, 0.2) is 0 Å². The van der Waals surface area contributed by atoms with Crippen LogP contribution in [0, 0.1) is 0 Å². The summed E-state index contributed by atoms with van der Waals surface area (Å²) in [7, 11) is 0. The van der Waals surface area contributed by atoms with Gasteiger partial charge >= 0.3 is 0 Å². The van der Waals surface area contributed by atoms with E-state index in [0.29, 0.717) is 12.5 Å². The molecule has 0 fully saturated rings. The van der Waals surface area contributed by atoms with Crippen LogP contribution < -0.4 is 11.1 Å². The summed E-state index contributed by atoms with van der Waals surface area (Å²) in [6, 6.07) is 0.293. The number of rotatable bonds is 11. The molecule has 0 bridgehead atoms. The molecule has 3 N–H and O–H groups in total. The van der Waals surface area contributed by atoms with Crippen LogP contribution in [0.2, 0.25) is 0 Å². The van der Waals surface area contributed by atoms with Gasteiger partial charge in [0.25, 0.3) is 0 Å². The molecule has 96 valence electrons. The zero-order valence-electron chi connectivity index (χ0n) is 10.9. The molecule has 0 aliphatic rings. The number of hydrogen-bond acceptors (Lipinski definition) is 2. The van der Waals surface area contributed by atoms with Crippen LogP contribution in [-0.4, -0.2) is 18.5 Å². The Morgan fingerprint density at radius 1 is 1.12 bits per heavy atom. The molecule has 3 heteroatoms. The number of carbonyl (C=O) groups excluding carboxylic acids is 1. The first-order chi connectivity index (χ1) is 7.70. The fourth-order valence-electron chi connectivity index (χ4n) is 1.82. The van der Waals surface area contributed by atoms with Crippen molar-refractivity contribution in [3.8, 4) is 0 Å².